The summed E-state index contributed by atoms with van der Waals surface area (Å²) in [5.41, 5.74) is 1.27. The van der Waals surface area contributed by atoms with Crippen LogP contribution in [0.1, 0.15) is 43.6 Å². The summed E-state index contributed by atoms with van der Waals surface area (Å²) in [5.74, 6) is 1.81. The van der Waals surface area contributed by atoms with Crippen LogP contribution in [-0.2, 0) is 18.9 Å². The number of methoxy groups -OCH3 is 4. The first-order valence-corrected chi connectivity index (χ1v) is 9.77. The van der Waals surface area contributed by atoms with Crippen molar-refractivity contribution in [1.29, 1.82) is 0 Å². The summed E-state index contributed by atoms with van der Waals surface area (Å²) in [4.78, 5) is 0. The molecular formula is C22H38O4. The van der Waals surface area contributed by atoms with E-state index in [-0.39, 0.29) is 0 Å². The van der Waals surface area contributed by atoms with E-state index >= 15 is 0 Å². The predicted octanol–water partition coefficient (Wildman–Crippen LogP) is 4.54. The molecule has 4 nitrogen and oxygen atoms in total. The number of hydrogen-bond acceptors (Lipinski definition) is 4. The van der Waals surface area contributed by atoms with Crippen LogP contribution in [0.2, 0.25) is 0 Å². The molecule has 1 aliphatic rings. The molecule has 1 aliphatic carbocycles. The summed E-state index contributed by atoms with van der Waals surface area (Å²) in [6.45, 7) is 3.13. The van der Waals surface area contributed by atoms with Gasteiger partial charge >= 0.3 is 0 Å². The standard InChI is InChI=1S/C11H22O2.C11H16O2/c2*1-12-8-11(9-13-2)10-6-4-3-5-7-10/h10-11H,3-9H2,1-2H3;3-7,11H,8-9H2,1-2H3. The molecule has 1 fully saturated rings. The van der Waals surface area contributed by atoms with E-state index in [4.69, 9.17) is 18.9 Å². The summed E-state index contributed by atoms with van der Waals surface area (Å²) in [6.07, 6.45) is 6.96. The van der Waals surface area contributed by atoms with Crippen molar-refractivity contribution in [3.63, 3.8) is 0 Å². The molecule has 0 spiro atoms. The number of hydrogen-bond donors (Lipinski definition) is 0. The van der Waals surface area contributed by atoms with Gasteiger partial charge in [0.05, 0.1) is 26.4 Å². The first kappa shape index (κ1) is 23.1. The van der Waals surface area contributed by atoms with Crippen LogP contribution < -0.4 is 0 Å². The average Bonchev–Trinajstić information content (AvgIpc) is 2.69. The fourth-order valence-electron chi connectivity index (χ4n) is 3.72. The van der Waals surface area contributed by atoms with E-state index in [0.717, 1.165) is 19.1 Å². The van der Waals surface area contributed by atoms with E-state index in [1.807, 2.05) is 18.2 Å². The summed E-state index contributed by atoms with van der Waals surface area (Å²) in [5, 5.41) is 0. The Morgan fingerprint density at radius 1 is 0.731 bits per heavy atom. The molecule has 1 aromatic carbocycles. The molecule has 4 heteroatoms. The van der Waals surface area contributed by atoms with Crippen molar-refractivity contribution in [3.8, 4) is 0 Å². The van der Waals surface area contributed by atoms with E-state index in [1.165, 1.54) is 37.7 Å². The lowest BCUT2D eigenvalue weighted by Crippen LogP contribution is -2.26. The molecule has 2 rings (SSSR count). The largest absolute Gasteiger partial charge is 0.384 e. The van der Waals surface area contributed by atoms with Crippen molar-refractivity contribution in [2.24, 2.45) is 11.8 Å². The van der Waals surface area contributed by atoms with Crippen molar-refractivity contribution in [1.82, 2.24) is 0 Å². The topological polar surface area (TPSA) is 36.9 Å². The molecule has 1 aromatic rings. The predicted molar refractivity (Wildman–Crippen MR) is 107 cm³/mol. The number of benzene rings is 1. The first-order valence-electron chi connectivity index (χ1n) is 9.77. The van der Waals surface area contributed by atoms with E-state index in [1.54, 1.807) is 28.4 Å². The van der Waals surface area contributed by atoms with E-state index in [2.05, 4.69) is 12.1 Å². The molecule has 0 heterocycles. The molecule has 150 valence electrons. The second kappa shape index (κ2) is 15.2. The fourth-order valence-corrected chi connectivity index (χ4v) is 3.72. The normalized spacial score (nSPS) is 15.2. The Bertz CT molecular complexity index is 405. The Balaban J connectivity index is 0.000000260. The zero-order valence-electron chi connectivity index (χ0n) is 17.1. The molecule has 0 N–H and O–H groups in total. The van der Waals surface area contributed by atoms with Crippen molar-refractivity contribution < 1.29 is 18.9 Å². The van der Waals surface area contributed by atoms with Crippen molar-refractivity contribution in [3.05, 3.63) is 35.9 Å². The highest BCUT2D eigenvalue weighted by molar-refractivity contribution is 5.19. The van der Waals surface area contributed by atoms with Gasteiger partial charge in [0, 0.05) is 40.3 Å². The van der Waals surface area contributed by atoms with Gasteiger partial charge in [-0.15, -0.1) is 0 Å². The highest BCUT2D eigenvalue weighted by atomic mass is 16.5. The Kier molecular flexibility index (Phi) is 13.5. The molecule has 0 atom stereocenters. The second-order valence-electron chi connectivity index (χ2n) is 7.09. The van der Waals surface area contributed by atoms with Crippen LogP contribution in [0.25, 0.3) is 0 Å². The lowest BCUT2D eigenvalue weighted by Gasteiger charge is -2.29. The Labute approximate surface area is 160 Å². The maximum absolute atomic E-state index is 5.23. The van der Waals surface area contributed by atoms with E-state index in [0.29, 0.717) is 25.0 Å². The van der Waals surface area contributed by atoms with Crippen LogP contribution in [-0.4, -0.2) is 54.9 Å². The van der Waals surface area contributed by atoms with Gasteiger partial charge in [-0.3, -0.25) is 0 Å². The average molecular weight is 367 g/mol. The van der Waals surface area contributed by atoms with E-state index in [9.17, 15) is 0 Å². The smallest absolute Gasteiger partial charge is 0.0553 e. The molecule has 0 bridgehead atoms. The molecule has 0 amide bonds. The van der Waals surface area contributed by atoms with Crippen LogP contribution in [0, 0.1) is 11.8 Å². The van der Waals surface area contributed by atoms with Gasteiger partial charge < -0.3 is 18.9 Å². The van der Waals surface area contributed by atoms with Gasteiger partial charge in [-0.2, -0.15) is 0 Å². The third-order valence-corrected chi connectivity index (χ3v) is 5.08. The van der Waals surface area contributed by atoms with Gasteiger partial charge in [0.1, 0.15) is 0 Å². The molecule has 1 saturated carbocycles. The minimum Gasteiger partial charge on any atom is -0.384 e. The fraction of sp³-hybridized carbons (Fsp3) is 0.727. The minimum atomic E-state index is 0.344. The Hall–Kier alpha value is -0.940. The highest BCUT2D eigenvalue weighted by Gasteiger charge is 2.23. The Morgan fingerprint density at radius 3 is 1.69 bits per heavy atom. The maximum Gasteiger partial charge on any atom is 0.0553 e. The quantitative estimate of drug-likeness (QED) is 0.609. The monoisotopic (exact) mass is 366 g/mol. The van der Waals surface area contributed by atoms with Gasteiger partial charge in [0.2, 0.25) is 0 Å². The van der Waals surface area contributed by atoms with Crippen LogP contribution >= 0.6 is 0 Å². The van der Waals surface area contributed by atoms with Crippen molar-refractivity contribution in [2.75, 3.05) is 54.9 Å². The lowest BCUT2D eigenvalue weighted by molar-refractivity contribution is 0.0429. The zero-order valence-corrected chi connectivity index (χ0v) is 17.1. The summed E-state index contributed by atoms with van der Waals surface area (Å²) >= 11 is 0. The van der Waals surface area contributed by atoms with Crippen molar-refractivity contribution in [2.45, 2.75) is 38.0 Å². The van der Waals surface area contributed by atoms with Gasteiger partial charge in [0.15, 0.2) is 0 Å². The molecule has 0 aromatic heterocycles. The first-order chi connectivity index (χ1) is 12.8. The summed E-state index contributed by atoms with van der Waals surface area (Å²) in [7, 11) is 6.99. The molecule has 26 heavy (non-hydrogen) atoms. The van der Waals surface area contributed by atoms with Crippen LogP contribution in [0.3, 0.4) is 0 Å². The zero-order chi connectivity index (χ0) is 19.0. The van der Waals surface area contributed by atoms with Crippen molar-refractivity contribution >= 4 is 0 Å². The molecule has 0 aliphatic heterocycles. The summed E-state index contributed by atoms with van der Waals surface area (Å²) < 4.78 is 20.7. The second-order valence-corrected chi connectivity index (χ2v) is 7.09. The molecule has 0 saturated heterocycles. The van der Waals surface area contributed by atoms with Gasteiger partial charge in [-0.25, -0.2) is 0 Å². The molecule has 0 radical (unpaired) electrons. The third kappa shape index (κ3) is 9.13. The molecule has 0 unspecified atom stereocenters. The van der Waals surface area contributed by atoms with Crippen LogP contribution in [0.4, 0.5) is 0 Å². The SMILES string of the molecule is COCC(COC)C1CCCCC1.COCC(COC)c1ccccc1. The molecular weight excluding hydrogens is 328 g/mol. The van der Waals surface area contributed by atoms with Crippen LogP contribution in [0.5, 0.6) is 0 Å². The number of ether oxygens (including phenoxy) is 4. The minimum absolute atomic E-state index is 0.344. The Morgan fingerprint density at radius 2 is 1.23 bits per heavy atom. The third-order valence-electron chi connectivity index (χ3n) is 5.08. The maximum atomic E-state index is 5.23. The van der Waals surface area contributed by atoms with E-state index < -0.39 is 0 Å². The summed E-state index contributed by atoms with van der Waals surface area (Å²) in [6, 6.07) is 10.3. The highest BCUT2D eigenvalue weighted by Crippen LogP contribution is 2.30. The van der Waals surface area contributed by atoms with Gasteiger partial charge in [0.25, 0.3) is 0 Å². The van der Waals surface area contributed by atoms with Gasteiger partial charge in [-0.1, -0.05) is 62.4 Å². The number of rotatable bonds is 10. The van der Waals surface area contributed by atoms with Crippen LogP contribution in [0.15, 0.2) is 30.3 Å². The lowest BCUT2D eigenvalue weighted by atomic mass is 9.80. The van der Waals surface area contributed by atoms with Gasteiger partial charge in [-0.05, 0) is 11.5 Å².